The fourth-order valence-corrected chi connectivity index (χ4v) is 2.38. The summed E-state index contributed by atoms with van der Waals surface area (Å²) in [6.07, 6.45) is 1.67. The highest BCUT2D eigenvalue weighted by Gasteiger charge is 2.08. The molecule has 0 atom stereocenters. The monoisotopic (exact) mass is 332 g/mol. The fraction of sp³-hybridized carbons (Fsp3) is 0. The van der Waals surface area contributed by atoms with Gasteiger partial charge in [0.1, 0.15) is 10.8 Å². The second-order valence-corrected chi connectivity index (χ2v) is 5.61. The fourth-order valence-electron chi connectivity index (χ4n) is 1.17. The highest BCUT2D eigenvalue weighted by Crippen LogP contribution is 2.34. The van der Waals surface area contributed by atoms with Crippen LogP contribution in [0.3, 0.4) is 0 Å². The van der Waals surface area contributed by atoms with Crippen LogP contribution in [0.25, 0.3) is 0 Å². The molecule has 1 heterocycles. The zero-order valence-corrected chi connectivity index (χ0v) is 11.6. The van der Waals surface area contributed by atoms with Gasteiger partial charge in [0.25, 0.3) is 0 Å². The Bertz CT molecular complexity index is 548. The number of hydrogen-bond acceptors (Lipinski definition) is 3. The van der Waals surface area contributed by atoms with Gasteiger partial charge in [0, 0.05) is 21.3 Å². The first-order valence-electron chi connectivity index (χ1n) is 4.60. The van der Waals surface area contributed by atoms with E-state index in [2.05, 4.69) is 20.9 Å². The van der Waals surface area contributed by atoms with Gasteiger partial charge in [-0.25, -0.2) is 9.37 Å². The van der Waals surface area contributed by atoms with Crippen LogP contribution in [-0.4, -0.2) is 4.98 Å². The van der Waals surface area contributed by atoms with Crippen LogP contribution < -0.4 is 5.73 Å². The van der Waals surface area contributed by atoms with Gasteiger partial charge in [-0.15, -0.1) is 0 Å². The van der Waals surface area contributed by atoms with E-state index in [0.717, 1.165) is 9.50 Å². The van der Waals surface area contributed by atoms with Crippen molar-refractivity contribution in [3.8, 4) is 0 Å². The lowest BCUT2D eigenvalue weighted by atomic mass is 10.3. The van der Waals surface area contributed by atoms with E-state index in [1.54, 1.807) is 6.20 Å². The van der Waals surface area contributed by atoms with Crippen molar-refractivity contribution in [1.82, 2.24) is 4.98 Å². The Labute approximate surface area is 116 Å². The summed E-state index contributed by atoms with van der Waals surface area (Å²) in [5.41, 5.74) is 6.20. The van der Waals surface area contributed by atoms with Crippen molar-refractivity contribution in [2.75, 3.05) is 5.73 Å². The molecule has 2 aromatic rings. The van der Waals surface area contributed by atoms with E-state index >= 15 is 0 Å². The SMILES string of the molecule is Nc1cc(Cl)c(F)cc1Sc1ccc(Br)cn1. The third-order valence-electron chi connectivity index (χ3n) is 1.97. The minimum atomic E-state index is -0.486. The molecule has 1 aromatic heterocycles. The summed E-state index contributed by atoms with van der Waals surface area (Å²) < 4.78 is 14.2. The maximum Gasteiger partial charge on any atom is 0.143 e. The standard InChI is InChI=1S/C11H7BrClFN2S/c12-6-1-2-11(16-5-6)17-10-4-8(14)7(13)3-9(10)15/h1-5H,15H2. The number of anilines is 1. The predicted octanol–water partition coefficient (Wildman–Crippen LogP) is 4.37. The largest absolute Gasteiger partial charge is 0.398 e. The van der Waals surface area contributed by atoms with E-state index < -0.39 is 5.82 Å². The molecule has 0 spiro atoms. The van der Waals surface area contributed by atoms with Gasteiger partial charge < -0.3 is 5.73 Å². The Morgan fingerprint density at radius 3 is 2.76 bits per heavy atom. The van der Waals surface area contributed by atoms with Gasteiger partial charge in [-0.3, -0.25) is 0 Å². The molecule has 0 unspecified atom stereocenters. The Kier molecular flexibility index (Phi) is 3.91. The topological polar surface area (TPSA) is 38.9 Å². The van der Waals surface area contributed by atoms with Crippen molar-refractivity contribution in [3.63, 3.8) is 0 Å². The molecule has 1 aromatic carbocycles. The van der Waals surface area contributed by atoms with Gasteiger partial charge in [0.05, 0.1) is 5.02 Å². The van der Waals surface area contributed by atoms with Crippen molar-refractivity contribution in [2.45, 2.75) is 9.92 Å². The van der Waals surface area contributed by atoms with E-state index in [4.69, 9.17) is 17.3 Å². The van der Waals surface area contributed by atoms with E-state index in [9.17, 15) is 4.39 Å². The minimum absolute atomic E-state index is 0.0237. The third kappa shape index (κ3) is 3.12. The second kappa shape index (κ2) is 5.25. The quantitative estimate of drug-likeness (QED) is 0.829. The van der Waals surface area contributed by atoms with Crippen molar-refractivity contribution < 1.29 is 4.39 Å². The van der Waals surface area contributed by atoms with Crippen LogP contribution in [0, 0.1) is 5.82 Å². The maximum absolute atomic E-state index is 13.3. The average molecular weight is 334 g/mol. The molecule has 2 rings (SSSR count). The van der Waals surface area contributed by atoms with Crippen molar-refractivity contribution in [2.24, 2.45) is 0 Å². The molecule has 0 aliphatic carbocycles. The van der Waals surface area contributed by atoms with Crippen LogP contribution in [0.4, 0.5) is 10.1 Å². The van der Waals surface area contributed by atoms with Crippen LogP contribution in [0.5, 0.6) is 0 Å². The Morgan fingerprint density at radius 2 is 2.12 bits per heavy atom. The lowest BCUT2D eigenvalue weighted by Gasteiger charge is -2.06. The summed E-state index contributed by atoms with van der Waals surface area (Å²) >= 11 is 10.2. The van der Waals surface area contributed by atoms with Gasteiger partial charge in [0.2, 0.25) is 0 Å². The molecule has 88 valence electrons. The normalized spacial score (nSPS) is 10.5. The van der Waals surface area contributed by atoms with Crippen molar-refractivity contribution in [1.29, 1.82) is 0 Å². The molecule has 0 aliphatic rings. The molecule has 2 N–H and O–H groups in total. The molecular formula is C11H7BrClFN2S. The molecule has 0 amide bonds. The summed E-state index contributed by atoms with van der Waals surface area (Å²) in [6, 6.07) is 6.39. The molecule has 6 heteroatoms. The van der Waals surface area contributed by atoms with Gasteiger partial charge in [-0.2, -0.15) is 0 Å². The molecular weight excluding hydrogens is 327 g/mol. The van der Waals surface area contributed by atoms with Gasteiger partial charge in [0.15, 0.2) is 0 Å². The number of benzene rings is 1. The van der Waals surface area contributed by atoms with Crippen molar-refractivity contribution in [3.05, 3.63) is 45.8 Å². The van der Waals surface area contributed by atoms with E-state index in [-0.39, 0.29) is 5.02 Å². The number of nitrogen functional groups attached to an aromatic ring is 1. The first-order valence-corrected chi connectivity index (χ1v) is 6.59. The minimum Gasteiger partial charge on any atom is -0.398 e. The molecule has 0 aliphatic heterocycles. The predicted molar refractivity (Wildman–Crippen MR) is 71.9 cm³/mol. The molecule has 0 saturated heterocycles. The zero-order valence-electron chi connectivity index (χ0n) is 8.45. The summed E-state index contributed by atoms with van der Waals surface area (Å²) in [5, 5.41) is 0.761. The van der Waals surface area contributed by atoms with Gasteiger partial charge in [-0.05, 0) is 40.2 Å². The van der Waals surface area contributed by atoms with Crippen LogP contribution >= 0.6 is 39.3 Å². The van der Waals surface area contributed by atoms with Gasteiger partial charge >= 0.3 is 0 Å². The lowest BCUT2D eigenvalue weighted by Crippen LogP contribution is -1.91. The van der Waals surface area contributed by atoms with Crippen molar-refractivity contribution >= 4 is 45.0 Å². The Balaban J connectivity index is 2.30. The Hall–Kier alpha value is -0.780. The average Bonchev–Trinajstić information content (AvgIpc) is 2.29. The molecule has 2 nitrogen and oxygen atoms in total. The molecule has 17 heavy (non-hydrogen) atoms. The summed E-state index contributed by atoms with van der Waals surface area (Å²) in [6.45, 7) is 0. The second-order valence-electron chi connectivity index (χ2n) is 3.22. The van der Waals surface area contributed by atoms with E-state index in [1.807, 2.05) is 12.1 Å². The lowest BCUT2D eigenvalue weighted by molar-refractivity contribution is 0.625. The first-order chi connectivity index (χ1) is 8.06. The van der Waals surface area contributed by atoms with Crippen LogP contribution in [-0.2, 0) is 0 Å². The molecule has 0 radical (unpaired) electrons. The summed E-state index contributed by atoms with van der Waals surface area (Å²) in [7, 11) is 0. The number of hydrogen-bond donors (Lipinski definition) is 1. The molecule has 0 bridgehead atoms. The van der Waals surface area contributed by atoms with E-state index in [1.165, 1.54) is 23.9 Å². The number of halogens is 3. The first kappa shape index (κ1) is 12.7. The smallest absolute Gasteiger partial charge is 0.143 e. The van der Waals surface area contributed by atoms with E-state index in [0.29, 0.717) is 10.6 Å². The molecule has 0 fully saturated rings. The number of aromatic nitrogens is 1. The highest BCUT2D eigenvalue weighted by molar-refractivity contribution is 9.10. The van der Waals surface area contributed by atoms with Crippen LogP contribution in [0.15, 0.2) is 44.9 Å². The number of nitrogens with zero attached hydrogens (tertiary/aromatic N) is 1. The Morgan fingerprint density at radius 1 is 1.35 bits per heavy atom. The maximum atomic E-state index is 13.3. The van der Waals surface area contributed by atoms with Gasteiger partial charge in [-0.1, -0.05) is 23.4 Å². The third-order valence-corrected chi connectivity index (χ3v) is 3.75. The number of pyridine rings is 1. The number of rotatable bonds is 2. The molecule has 0 saturated carbocycles. The number of nitrogens with two attached hydrogens (primary N) is 1. The highest BCUT2D eigenvalue weighted by atomic mass is 79.9. The van der Waals surface area contributed by atoms with Crippen LogP contribution in [0.1, 0.15) is 0 Å². The summed E-state index contributed by atoms with van der Waals surface area (Å²) in [4.78, 5) is 4.77. The van der Waals surface area contributed by atoms with Crippen LogP contribution in [0.2, 0.25) is 5.02 Å². The summed E-state index contributed by atoms with van der Waals surface area (Å²) in [5.74, 6) is -0.486. The zero-order chi connectivity index (χ0) is 12.4.